The fourth-order valence-electron chi connectivity index (χ4n) is 2.42. The minimum absolute atomic E-state index is 0.228. The number of hydrogen-bond donors (Lipinski definition) is 2. The van der Waals surface area contributed by atoms with Crippen molar-refractivity contribution >= 4 is 11.6 Å². The Hall–Kier alpha value is -2.56. The van der Waals surface area contributed by atoms with Gasteiger partial charge >= 0.3 is 0 Å². The summed E-state index contributed by atoms with van der Waals surface area (Å²) in [4.78, 5) is 15.6. The summed E-state index contributed by atoms with van der Waals surface area (Å²) in [6.07, 6.45) is 3.76. The maximum absolute atomic E-state index is 11.6. The number of fused-ring (bicyclic) bond motifs is 1. The van der Waals surface area contributed by atoms with Gasteiger partial charge in [-0.2, -0.15) is 0 Å². The van der Waals surface area contributed by atoms with E-state index in [4.69, 9.17) is 4.74 Å². The van der Waals surface area contributed by atoms with Gasteiger partial charge in [-0.05, 0) is 30.5 Å². The average Bonchev–Trinajstić information content (AvgIpc) is 2.55. The lowest BCUT2D eigenvalue weighted by Crippen LogP contribution is -2.19. The number of benzene rings is 1. The molecule has 0 unspecified atom stereocenters. The van der Waals surface area contributed by atoms with E-state index < -0.39 is 0 Å². The molecule has 0 atom stereocenters. The van der Waals surface area contributed by atoms with Gasteiger partial charge < -0.3 is 15.4 Å². The van der Waals surface area contributed by atoms with Crippen molar-refractivity contribution < 1.29 is 9.53 Å². The molecule has 5 heteroatoms. The third-order valence-electron chi connectivity index (χ3n) is 3.46. The fourth-order valence-corrected chi connectivity index (χ4v) is 2.42. The Morgan fingerprint density at radius 3 is 3.14 bits per heavy atom. The Labute approximate surface area is 123 Å². The lowest BCUT2D eigenvalue weighted by Gasteiger charge is -2.21. The van der Waals surface area contributed by atoms with Gasteiger partial charge in [0.05, 0.1) is 5.69 Å². The molecule has 0 fully saturated rings. The van der Waals surface area contributed by atoms with Gasteiger partial charge in [0.2, 0.25) is 0 Å². The van der Waals surface area contributed by atoms with E-state index in [-0.39, 0.29) is 5.91 Å². The first-order valence-electron chi connectivity index (χ1n) is 6.99. The van der Waals surface area contributed by atoms with Crippen molar-refractivity contribution in [3.63, 3.8) is 0 Å². The highest BCUT2D eigenvalue weighted by molar-refractivity contribution is 5.92. The van der Waals surface area contributed by atoms with Crippen molar-refractivity contribution in [2.75, 3.05) is 18.9 Å². The molecule has 108 valence electrons. The summed E-state index contributed by atoms with van der Waals surface area (Å²) in [7, 11) is 1.58. The van der Waals surface area contributed by atoms with Crippen LogP contribution < -0.4 is 15.4 Å². The molecule has 1 aliphatic rings. The molecule has 2 heterocycles. The summed E-state index contributed by atoms with van der Waals surface area (Å²) >= 11 is 0. The summed E-state index contributed by atoms with van der Waals surface area (Å²) in [6.45, 7) is 0.952. The summed E-state index contributed by atoms with van der Waals surface area (Å²) < 4.78 is 5.93. The zero-order valence-corrected chi connectivity index (χ0v) is 11.8. The van der Waals surface area contributed by atoms with Gasteiger partial charge in [-0.3, -0.25) is 9.78 Å². The number of aromatic nitrogens is 1. The zero-order chi connectivity index (χ0) is 14.7. The minimum Gasteiger partial charge on any atom is -0.455 e. The van der Waals surface area contributed by atoms with Crippen molar-refractivity contribution in [1.29, 1.82) is 0 Å². The molecule has 2 aromatic rings. The number of ether oxygens (including phenoxy) is 1. The van der Waals surface area contributed by atoms with Crippen molar-refractivity contribution in [1.82, 2.24) is 10.3 Å². The average molecular weight is 283 g/mol. The van der Waals surface area contributed by atoms with Crippen LogP contribution in [0.1, 0.15) is 22.5 Å². The Balaban J connectivity index is 1.89. The molecule has 0 spiro atoms. The summed E-state index contributed by atoms with van der Waals surface area (Å²) in [5.41, 5.74) is 2.65. The first-order valence-corrected chi connectivity index (χ1v) is 6.99. The summed E-state index contributed by atoms with van der Waals surface area (Å²) in [5, 5.41) is 5.93. The molecule has 0 radical (unpaired) electrons. The van der Waals surface area contributed by atoms with E-state index in [1.807, 2.05) is 12.1 Å². The number of aryl methyl sites for hydroxylation is 1. The van der Waals surface area contributed by atoms with Crippen LogP contribution in [0.25, 0.3) is 0 Å². The normalized spacial score (nSPS) is 13.0. The van der Waals surface area contributed by atoms with Gasteiger partial charge in [0, 0.05) is 25.9 Å². The smallest absolute Gasteiger partial charge is 0.269 e. The Morgan fingerprint density at radius 1 is 1.38 bits per heavy atom. The number of nitrogens with zero attached hydrogens (tertiary/aromatic N) is 1. The lowest BCUT2D eigenvalue weighted by atomic mass is 10.0. The predicted molar refractivity (Wildman–Crippen MR) is 81.0 cm³/mol. The molecule has 21 heavy (non-hydrogen) atoms. The number of para-hydroxylation sites is 1. The van der Waals surface area contributed by atoms with Crippen LogP contribution in [-0.2, 0) is 6.42 Å². The molecular weight excluding hydrogens is 266 g/mol. The van der Waals surface area contributed by atoms with Crippen LogP contribution >= 0.6 is 0 Å². The zero-order valence-electron chi connectivity index (χ0n) is 11.8. The van der Waals surface area contributed by atoms with Gasteiger partial charge in [-0.15, -0.1) is 0 Å². The molecule has 0 aliphatic carbocycles. The molecule has 2 N–H and O–H groups in total. The maximum Gasteiger partial charge on any atom is 0.269 e. The van der Waals surface area contributed by atoms with Gasteiger partial charge in [-0.25, -0.2) is 0 Å². The molecule has 1 amide bonds. The van der Waals surface area contributed by atoms with E-state index in [0.29, 0.717) is 11.4 Å². The molecule has 0 saturated carbocycles. The third-order valence-corrected chi connectivity index (χ3v) is 3.46. The fraction of sp³-hybridized carbons (Fsp3) is 0.250. The SMILES string of the molecule is CNC(=O)c1cc(Oc2cccc3c2NCCC3)ccn1. The predicted octanol–water partition coefficient (Wildman–Crippen LogP) is 2.59. The highest BCUT2D eigenvalue weighted by atomic mass is 16.5. The number of carbonyl (C=O) groups is 1. The van der Waals surface area contributed by atoms with Crippen LogP contribution in [0.15, 0.2) is 36.5 Å². The van der Waals surface area contributed by atoms with E-state index in [1.165, 1.54) is 5.56 Å². The van der Waals surface area contributed by atoms with Crippen LogP contribution in [0.5, 0.6) is 11.5 Å². The van der Waals surface area contributed by atoms with E-state index in [0.717, 1.165) is 30.8 Å². The number of carbonyl (C=O) groups excluding carboxylic acids is 1. The molecule has 1 aromatic carbocycles. The van der Waals surface area contributed by atoms with E-state index in [1.54, 1.807) is 25.4 Å². The van der Waals surface area contributed by atoms with Gasteiger partial charge in [-0.1, -0.05) is 12.1 Å². The van der Waals surface area contributed by atoms with Gasteiger partial charge in [0.25, 0.3) is 5.91 Å². The minimum atomic E-state index is -0.228. The van der Waals surface area contributed by atoms with Crippen molar-refractivity contribution in [2.45, 2.75) is 12.8 Å². The molecule has 3 rings (SSSR count). The number of pyridine rings is 1. The molecular formula is C16H17N3O2. The van der Waals surface area contributed by atoms with Gasteiger partial charge in [0.1, 0.15) is 11.4 Å². The summed E-state index contributed by atoms with van der Waals surface area (Å²) in [5.74, 6) is 1.15. The van der Waals surface area contributed by atoms with E-state index in [2.05, 4.69) is 21.7 Å². The van der Waals surface area contributed by atoms with Crippen LogP contribution in [0, 0.1) is 0 Å². The third kappa shape index (κ3) is 2.81. The highest BCUT2D eigenvalue weighted by Gasteiger charge is 2.14. The molecule has 1 aromatic heterocycles. The quantitative estimate of drug-likeness (QED) is 0.909. The maximum atomic E-state index is 11.6. The van der Waals surface area contributed by atoms with Crippen molar-refractivity contribution in [2.24, 2.45) is 0 Å². The first-order chi connectivity index (χ1) is 10.3. The number of hydrogen-bond acceptors (Lipinski definition) is 4. The standard InChI is InChI=1S/C16H17N3O2/c1-17-16(20)13-10-12(7-9-18-13)21-14-6-2-4-11-5-3-8-19-15(11)14/h2,4,6-7,9-10,19H,3,5,8H2,1H3,(H,17,20). The van der Waals surface area contributed by atoms with E-state index >= 15 is 0 Å². The first kappa shape index (κ1) is 13.4. The summed E-state index contributed by atoms with van der Waals surface area (Å²) in [6, 6.07) is 9.41. The highest BCUT2D eigenvalue weighted by Crippen LogP contribution is 2.35. The van der Waals surface area contributed by atoms with E-state index in [9.17, 15) is 4.79 Å². The number of amides is 1. The second-order valence-electron chi connectivity index (χ2n) is 4.88. The number of nitrogens with one attached hydrogen (secondary N) is 2. The second kappa shape index (κ2) is 5.83. The Bertz CT molecular complexity index is 670. The largest absolute Gasteiger partial charge is 0.455 e. The Kier molecular flexibility index (Phi) is 3.73. The second-order valence-corrected chi connectivity index (χ2v) is 4.88. The van der Waals surface area contributed by atoms with Crippen LogP contribution in [0.2, 0.25) is 0 Å². The Morgan fingerprint density at radius 2 is 2.29 bits per heavy atom. The number of anilines is 1. The van der Waals surface area contributed by atoms with Crippen LogP contribution in [0.3, 0.4) is 0 Å². The van der Waals surface area contributed by atoms with Crippen LogP contribution in [0.4, 0.5) is 5.69 Å². The molecule has 0 bridgehead atoms. The van der Waals surface area contributed by atoms with Crippen molar-refractivity contribution in [3.8, 4) is 11.5 Å². The van der Waals surface area contributed by atoms with Crippen LogP contribution in [-0.4, -0.2) is 24.5 Å². The lowest BCUT2D eigenvalue weighted by molar-refractivity contribution is 0.0958. The van der Waals surface area contributed by atoms with Crippen molar-refractivity contribution in [3.05, 3.63) is 47.8 Å². The van der Waals surface area contributed by atoms with Gasteiger partial charge in [0.15, 0.2) is 5.75 Å². The molecule has 1 aliphatic heterocycles. The molecule has 5 nitrogen and oxygen atoms in total. The number of rotatable bonds is 3. The molecule has 0 saturated heterocycles. The monoisotopic (exact) mass is 283 g/mol. The topological polar surface area (TPSA) is 63.2 Å².